The minimum Gasteiger partial charge on any atom is -0.380 e. The SMILES string of the molecule is COCc1c2c(C)c3c(c1COCCCCCCOC2)COC3. The van der Waals surface area contributed by atoms with Crippen molar-refractivity contribution in [3.05, 3.63) is 33.4 Å². The van der Waals surface area contributed by atoms with E-state index < -0.39 is 0 Å². The maximum Gasteiger partial charge on any atom is 0.0728 e. The van der Waals surface area contributed by atoms with Gasteiger partial charge in [0.15, 0.2) is 0 Å². The van der Waals surface area contributed by atoms with E-state index in [1.807, 2.05) is 0 Å². The van der Waals surface area contributed by atoms with Crippen LogP contribution in [0.5, 0.6) is 0 Å². The fourth-order valence-corrected chi connectivity index (χ4v) is 3.60. The zero-order valence-electron chi connectivity index (χ0n) is 14.4. The molecule has 0 amide bonds. The number of benzene rings is 1. The Morgan fingerprint density at radius 2 is 1.35 bits per heavy atom. The van der Waals surface area contributed by atoms with E-state index in [-0.39, 0.29) is 0 Å². The number of rotatable bonds is 2. The fourth-order valence-electron chi connectivity index (χ4n) is 3.60. The van der Waals surface area contributed by atoms with Crippen LogP contribution in [0.3, 0.4) is 0 Å². The quantitative estimate of drug-likeness (QED) is 0.831. The molecule has 0 aliphatic carbocycles. The Morgan fingerprint density at radius 1 is 0.739 bits per heavy atom. The summed E-state index contributed by atoms with van der Waals surface area (Å²) in [5.74, 6) is 0. The van der Waals surface area contributed by atoms with E-state index in [2.05, 4.69) is 6.92 Å². The molecule has 3 rings (SSSR count). The van der Waals surface area contributed by atoms with E-state index in [1.54, 1.807) is 7.11 Å². The van der Waals surface area contributed by atoms with Crippen molar-refractivity contribution in [1.82, 2.24) is 0 Å². The van der Waals surface area contributed by atoms with Gasteiger partial charge < -0.3 is 18.9 Å². The second-order valence-corrected chi connectivity index (χ2v) is 6.46. The van der Waals surface area contributed by atoms with Crippen LogP contribution in [0.15, 0.2) is 0 Å². The van der Waals surface area contributed by atoms with E-state index in [0.29, 0.717) is 33.0 Å². The number of hydrogen-bond acceptors (Lipinski definition) is 4. The van der Waals surface area contributed by atoms with Crippen LogP contribution in [-0.4, -0.2) is 20.3 Å². The zero-order valence-corrected chi connectivity index (χ0v) is 14.4. The largest absolute Gasteiger partial charge is 0.380 e. The van der Waals surface area contributed by atoms with Gasteiger partial charge in [0.25, 0.3) is 0 Å². The molecule has 0 saturated heterocycles. The van der Waals surface area contributed by atoms with Gasteiger partial charge >= 0.3 is 0 Å². The summed E-state index contributed by atoms with van der Waals surface area (Å²) in [6.45, 7) is 7.14. The summed E-state index contributed by atoms with van der Waals surface area (Å²) in [5.41, 5.74) is 7.73. The van der Waals surface area contributed by atoms with E-state index in [9.17, 15) is 0 Å². The first kappa shape index (κ1) is 16.9. The van der Waals surface area contributed by atoms with Crippen LogP contribution in [0, 0.1) is 6.92 Å². The van der Waals surface area contributed by atoms with E-state index in [0.717, 1.165) is 26.1 Å². The van der Waals surface area contributed by atoms with Gasteiger partial charge in [-0.05, 0) is 53.1 Å². The second-order valence-electron chi connectivity index (χ2n) is 6.46. The van der Waals surface area contributed by atoms with Gasteiger partial charge in [0, 0.05) is 20.3 Å². The van der Waals surface area contributed by atoms with Crippen molar-refractivity contribution in [2.24, 2.45) is 0 Å². The average molecular weight is 320 g/mol. The van der Waals surface area contributed by atoms with E-state index in [4.69, 9.17) is 18.9 Å². The van der Waals surface area contributed by atoms with Crippen LogP contribution in [-0.2, 0) is 52.0 Å². The summed E-state index contributed by atoms with van der Waals surface area (Å²) in [7, 11) is 1.75. The lowest BCUT2D eigenvalue weighted by molar-refractivity contribution is 0.108. The van der Waals surface area contributed by atoms with Crippen LogP contribution in [0.2, 0.25) is 0 Å². The van der Waals surface area contributed by atoms with Gasteiger partial charge in [-0.25, -0.2) is 0 Å². The number of ether oxygens (including phenoxy) is 4. The highest BCUT2D eigenvalue weighted by molar-refractivity contribution is 5.52. The standard InChI is InChI=1S/C19H28O4/c1-14-15-10-21-7-5-3-4-6-8-22-12-19(17(15)9-20-2)18-13-23-11-16(14)18/h3-13H2,1-2H3. The number of hydrogen-bond donors (Lipinski definition) is 0. The molecule has 2 aliphatic heterocycles. The van der Waals surface area contributed by atoms with Crippen molar-refractivity contribution in [1.29, 1.82) is 0 Å². The van der Waals surface area contributed by atoms with Crippen LogP contribution in [0.1, 0.15) is 59.1 Å². The molecular formula is C19H28O4. The molecule has 0 unspecified atom stereocenters. The summed E-state index contributed by atoms with van der Waals surface area (Å²) in [5, 5.41) is 0. The summed E-state index contributed by atoms with van der Waals surface area (Å²) in [4.78, 5) is 0. The van der Waals surface area contributed by atoms with Gasteiger partial charge in [-0.2, -0.15) is 0 Å². The molecule has 0 saturated carbocycles. The number of methoxy groups -OCH3 is 1. The highest BCUT2D eigenvalue weighted by Crippen LogP contribution is 2.34. The highest BCUT2D eigenvalue weighted by atomic mass is 16.5. The molecule has 0 spiro atoms. The minimum absolute atomic E-state index is 0.603. The Kier molecular flexibility index (Phi) is 6.06. The lowest BCUT2D eigenvalue weighted by Crippen LogP contribution is -2.12. The lowest BCUT2D eigenvalue weighted by atomic mass is 9.89. The number of fused-ring (bicyclic) bond motifs is 4. The third-order valence-corrected chi connectivity index (χ3v) is 4.96. The molecule has 1 aromatic carbocycles. The Balaban J connectivity index is 2.00. The predicted molar refractivity (Wildman–Crippen MR) is 88.2 cm³/mol. The monoisotopic (exact) mass is 320 g/mol. The molecule has 2 bridgehead atoms. The zero-order chi connectivity index (χ0) is 16.1. The van der Waals surface area contributed by atoms with Crippen molar-refractivity contribution in [3.8, 4) is 0 Å². The van der Waals surface area contributed by atoms with Gasteiger partial charge in [-0.3, -0.25) is 0 Å². The van der Waals surface area contributed by atoms with Gasteiger partial charge in [0.2, 0.25) is 0 Å². The molecule has 23 heavy (non-hydrogen) atoms. The summed E-state index contributed by atoms with van der Waals surface area (Å²) >= 11 is 0. The van der Waals surface area contributed by atoms with Crippen molar-refractivity contribution in [2.75, 3.05) is 20.3 Å². The molecule has 0 atom stereocenters. The van der Waals surface area contributed by atoms with E-state index in [1.165, 1.54) is 46.2 Å². The Hall–Kier alpha value is -0.940. The van der Waals surface area contributed by atoms with Gasteiger partial charge in [-0.15, -0.1) is 0 Å². The van der Waals surface area contributed by atoms with Crippen molar-refractivity contribution in [2.45, 2.75) is 65.6 Å². The molecule has 1 aromatic rings. The maximum atomic E-state index is 5.99. The summed E-state index contributed by atoms with van der Waals surface area (Å²) in [6, 6.07) is 0. The topological polar surface area (TPSA) is 36.9 Å². The van der Waals surface area contributed by atoms with Crippen LogP contribution < -0.4 is 0 Å². The van der Waals surface area contributed by atoms with Crippen molar-refractivity contribution < 1.29 is 18.9 Å². The lowest BCUT2D eigenvalue weighted by Gasteiger charge is -2.21. The molecule has 2 heterocycles. The molecule has 128 valence electrons. The maximum absolute atomic E-state index is 5.99. The Bertz CT molecular complexity index is 539. The molecule has 4 nitrogen and oxygen atoms in total. The first-order valence-corrected chi connectivity index (χ1v) is 8.70. The summed E-state index contributed by atoms with van der Waals surface area (Å²) < 4.78 is 23.2. The van der Waals surface area contributed by atoms with Crippen molar-refractivity contribution in [3.63, 3.8) is 0 Å². The highest BCUT2D eigenvalue weighted by Gasteiger charge is 2.25. The smallest absolute Gasteiger partial charge is 0.0728 e. The van der Waals surface area contributed by atoms with E-state index >= 15 is 0 Å². The Morgan fingerprint density at radius 3 is 2.04 bits per heavy atom. The van der Waals surface area contributed by atoms with Gasteiger partial charge in [0.05, 0.1) is 33.0 Å². The molecule has 0 fully saturated rings. The normalized spacial score (nSPS) is 19.6. The first-order chi connectivity index (χ1) is 11.3. The van der Waals surface area contributed by atoms with Gasteiger partial charge in [0.1, 0.15) is 0 Å². The predicted octanol–water partition coefficient (Wildman–Crippen LogP) is 3.78. The minimum atomic E-state index is 0.603. The molecule has 4 heteroatoms. The van der Waals surface area contributed by atoms with Crippen LogP contribution >= 0.6 is 0 Å². The molecule has 2 aliphatic rings. The molecular weight excluding hydrogens is 292 g/mol. The molecule has 0 radical (unpaired) electrons. The van der Waals surface area contributed by atoms with Crippen LogP contribution in [0.4, 0.5) is 0 Å². The van der Waals surface area contributed by atoms with Gasteiger partial charge in [-0.1, -0.05) is 12.8 Å². The fraction of sp³-hybridized carbons (Fsp3) is 0.684. The molecule has 0 N–H and O–H groups in total. The van der Waals surface area contributed by atoms with Crippen LogP contribution in [0.25, 0.3) is 0 Å². The molecule has 0 aromatic heterocycles. The van der Waals surface area contributed by atoms with Crippen molar-refractivity contribution >= 4 is 0 Å². The third kappa shape index (κ3) is 3.77. The Labute approximate surface area is 139 Å². The second kappa shape index (κ2) is 8.25. The average Bonchev–Trinajstić information content (AvgIpc) is 3.03. The summed E-state index contributed by atoms with van der Waals surface area (Å²) in [6.07, 6.45) is 4.68. The third-order valence-electron chi connectivity index (χ3n) is 4.96. The first-order valence-electron chi connectivity index (χ1n) is 8.70.